The topological polar surface area (TPSA) is 96.0 Å². The van der Waals surface area contributed by atoms with Crippen molar-refractivity contribution < 1.29 is 14.7 Å². The first kappa shape index (κ1) is 16.0. The van der Waals surface area contributed by atoms with E-state index in [-0.39, 0.29) is 12.3 Å². The van der Waals surface area contributed by atoms with Gasteiger partial charge in [0.2, 0.25) is 5.91 Å². The number of amides is 1. The summed E-state index contributed by atoms with van der Waals surface area (Å²) < 4.78 is 1.98. The quantitative estimate of drug-likeness (QED) is 0.640. The maximum atomic E-state index is 11.6. The number of carboxylic acid groups (broad SMARTS) is 1. The maximum absolute atomic E-state index is 11.6. The first-order valence-corrected chi connectivity index (χ1v) is 8.03. The molecule has 24 heavy (non-hydrogen) atoms. The molecule has 1 aromatic heterocycles. The first-order valence-electron chi connectivity index (χ1n) is 7.15. The fourth-order valence-electron chi connectivity index (χ4n) is 2.17. The second-order valence-corrected chi connectivity index (χ2v) is 6.22. The van der Waals surface area contributed by atoms with Crippen LogP contribution in [0.2, 0.25) is 0 Å². The minimum Gasteiger partial charge on any atom is -0.481 e. The number of aliphatic carboxylic acids is 1. The second-order valence-electron chi connectivity index (χ2n) is 5.03. The number of hydrogen-bond donors (Lipinski definition) is 2. The molecule has 2 N–H and O–H groups in total. The van der Waals surface area contributed by atoms with Crippen LogP contribution in [0, 0.1) is 0 Å². The Morgan fingerprint density at radius 1 is 1.33 bits per heavy atom. The van der Waals surface area contributed by atoms with Crippen LogP contribution in [0.25, 0.3) is 5.69 Å². The van der Waals surface area contributed by atoms with Gasteiger partial charge >= 0.3 is 5.97 Å². The average Bonchev–Trinajstić information content (AvgIpc) is 3.18. The summed E-state index contributed by atoms with van der Waals surface area (Å²) in [5.74, 6) is -1.37. The van der Waals surface area contributed by atoms with Crippen LogP contribution in [-0.2, 0) is 9.59 Å². The van der Waals surface area contributed by atoms with Crippen molar-refractivity contribution in [3.63, 3.8) is 0 Å². The number of aromatic nitrogens is 1. The van der Waals surface area contributed by atoms with E-state index in [9.17, 15) is 9.59 Å². The summed E-state index contributed by atoms with van der Waals surface area (Å²) in [5.41, 5.74) is 1.86. The van der Waals surface area contributed by atoms with E-state index in [1.165, 1.54) is 0 Å². The van der Waals surface area contributed by atoms with Gasteiger partial charge in [0.15, 0.2) is 5.17 Å². The summed E-state index contributed by atoms with van der Waals surface area (Å²) >= 11 is 1.07. The molecule has 2 heterocycles. The fourth-order valence-corrected chi connectivity index (χ4v) is 3.08. The number of hydrogen-bond acceptors (Lipinski definition) is 5. The minimum absolute atomic E-state index is 0.238. The lowest BCUT2D eigenvalue weighted by Crippen LogP contribution is -2.26. The summed E-state index contributed by atoms with van der Waals surface area (Å²) in [5, 5.41) is 18.8. The molecular formula is C16H14N4O3S. The average molecular weight is 342 g/mol. The van der Waals surface area contributed by atoms with Gasteiger partial charge in [-0.2, -0.15) is 5.10 Å². The van der Waals surface area contributed by atoms with Crippen LogP contribution in [0.15, 0.2) is 59.0 Å². The molecular weight excluding hydrogens is 328 g/mol. The van der Waals surface area contributed by atoms with Gasteiger partial charge in [0.1, 0.15) is 5.25 Å². The number of amidine groups is 1. The van der Waals surface area contributed by atoms with Gasteiger partial charge in [-0.25, -0.2) is 0 Å². The lowest BCUT2D eigenvalue weighted by atomic mass is 10.2. The van der Waals surface area contributed by atoms with Crippen LogP contribution < -0.4 is 5.32 Å². The summed E-state index contributed by atoms with van der Waals surface area (Å²) in [6.07, 6.45) is 5.24. The van der Waals surface area contributed by atoms with Gasteiger partial charge < -0.3 is 15.0 Å². The van der Waals surface area contributed by atoms with E-state index >= 15 is 0 Å². The van der Waals surface area contributed by atoms with E-state index in [4.69, 9.17) is 5.11 Å². The summed E-state index contributed by atoms with van der Waals surface area (Å²) in [7, 11) is 0. The number of thioether (sulfide) groups is 1. The fraction of sp³-hybridized carbons (Fsp3) is 0.125. The molecule has 7 nitrogen and oxygen atoms in total. The zero-order valence-electron chi connectivity index (χ0n) is 12.5. The molecule has 0 aliphatic carbocycles. The molecule has 0 saturated carbocycles. The number of benzene rings is 1. The highest BCUT2D eigenvalue weighted by atomic mass is 32.2. The highest BCUT2D eigenvalue weighted by molar-refractivity contribution is 8.15. The molecule has 1 aliphatic heterocycles. The predicted octanol–water partition coefficient (Wildman–Crippen LogP) is 1.87. The van der Waals surface area contributed by atoms with Gasteiger partial charge in [-0.1, -0.05) is 23.9 Å². The molecule has 0 spiro atoms. The molecule has 1 saturated heterocycles. The summed E-state index contributed by atoms with van der Waals surface area (Å²) in [4.78, 5) is 22.3. The molecule has 1 aromatic carbocycles. The van der Waals surface area contributed by atoms with E-state index in [0.29, 0.717) is 5.17 Å². The second kappa shape index (κ2) is 7.14. The first-order chi connectivity index (χ1) is 11.6. The van der Waals surface area contributed by atoms with Crippen molar-refractivity contribution in [1.29, 1.82) is 0 Å². The molecule has 8 heteroatoms. The number of carbonyl (C=O) groups excluding carboxylic acids is 1. The van der Waals surface area contributed by atoms with Gasteiger partial charge in [0.25, 0.3) is 0 Å². The molecule has 1 atom stereocenters. The van der Waals surface area contributed by atoms with Gasteiger partial charge in [0.05, 0.1) is 12.6 Å². The van der Waals surface area contributed by atoms with Crippen molar-refractivity contribution in [2.45, 2.75) is 11.7 Å². The van der Waals surface area contributed by atoms with E-state index in [0.717, 1.165) is 23.0 Å². The Kier molecular flexibility index (Phi) is 4.76. The zero-order valence-corrected chi connectivity index (χ0v) is 13.3. The standard InChI is InChI=1S/C16H14N4O3S/c21-14(22)9-13-15(23)18-16(24-13)19-17-10-11-4-3-5-12(8-11)20-6-1-2-7-20/h1-8,10,13H,9H2,(H,21,22)(H,18,19,23). The number of carboxylic acids is 1. The molecule has 1 amide bonds. The lowest BCUT2D eigenvalue weighted by molar-refractivity contribution is -0.138. The van der Waals surface area contributed by atoms with E-state index in [1.807, 2.05) is 53.4 Å². The molecule has 0 bridgehead atoms. The van der Waals surface area contributed by atoms with Gasteiger partial charge in [-0.15, -0.1) is 5.10 Å². The lowest BCUT2D eigenvalue weighted by Gasteiger charge is -2.02. The van der Waals surface area contributed by atoms with Crippen LogP contribution in [0.3, 0.4) is 0 Å². The third-order valence-electron chi connectivity index (χ3n) is 3.26. The molecule has 3 rings (SSSR count). The zero-order chi connectivity index (χ0) is 16.9. The molecule has 0 radical (unpaired) electrons. The Balaban J connectivity index is 1.67. The van der Waals surface area contributed by atoms with Crippen molar-refractivity contribution in [2.24, 2.45) is 10.2 Å². The van der Waals surface area contributed by atoms with E-state index < -0.39 is 11.2 Å². The van der Waals surface area contributed by atoms with Crippen LogP contribution in [0.1, 0.15) is 12.0 Å². The third kappa shape index (κ3) is 3.90. The predicted molar refractivity (Wildman–Crippen MR) is 92.6 cm³/mol. The van der Waals surface area contributed by atoms with Crippen molar-refractivity contribution in [1.82, 2.24) is 9.88 Å². The smallest absolute Gasteiger partial charge is 0.305 e. The molecule has 1 fully saturated rings. The van der Waals surface area contributed by atoms with Crippen molar-refractivity contribution in [2.75, 3.05) is 0 Å². The third-order valence-corrected chi connectivity index (χ3v) is 4.34. The summed E-state index contributed by atoms with van der Waals surface area (Å²) in [6.45, 7) is 0. The van der Waals surface area contributed by atoms with Crippen LogP contribution in [0.4, 0.5) is 0 Å². The number of rotatable bonds is 5. The largest absolute Gasteiger partial charge is 0.481 e. The van der Waals surface area contributed by atoms with E-state index in [1.54, 1.807) is 6.21 Å². The van der Waals surface area contributed by atoms with Gasteiger partial charge in [-0.05, 0) is 29.8 Å². The Labute approximate surface area is 142 Å². The Bertz CT molecular complexity index is 814. The van der Waals surface area contributed by atoms with Crippen LogP contribution >= 0.6 is 11.8 Å². The highest BCUT2D eigenvalue weighted by Crippen LogP contribution is 2.22. The number of carbonyl (C=O) groups is 2. The van der Waals surface area contributed by atoms with Crippen LogP contribution in [-0.4, -0.2) is 38.2 Å². The monoisotopic (exact) mass is 342 g/mol. The van der Waals surface area contributed by atoms with Crippen molar-refractivity contribution in [3.8, 4) is 5.69 Å². The van der Waals surface area contributed by atoms with Gasteiger partial charge in [-0.3, -0.25) is 9.59 Å². The maximum Gasteiger partial charge on any atom is 0.305 e. The molecule has 1 unspecified atom stereocenters. The Morgan fingerprint density at radius 3 is 2.88 bits per heavy atom. The van der Waals surface area contributed by atoms with Crippen LogP contribution in [0.5, 0.6) is 0 Å². The summed E-state index contributed by atoms with van der Waals surface area (Å²) in [6, 6.07) is 11.6. The van der Waals surface area contributed by atoms with Crippen molar-refractivity contribution >= 4 is 35.0 Å². The van der Waals surface area contributed by atoms with Crippen molar-refractivity contribution in [3.05, 3.63) is 54.4 Å². The number of nitrogens with one attached hydrogen (secondary N) is 1. The molecule has 2 aromatic rings. The highest BCUT2D eigenvalue weighted by Gasteiger charge is 2.32. The Morgan fingerprint density at radius 2 is 2.12 bits per heavy atom. The molecule has 122 valence electrons. The SMILES string of the molecule is O=C(O)CC1SC(=NN=Cc2cccc(-n3cccc3)c2)NC1=O. The van der Waals surface area contributed by atoms with E-state index in [2.05, 4.69) is 15.5 Å². The van der Waals surface area contributed by atoms with Gasteiger partial charge in [0, 0.05) is 18.1 Å². The minimum atomic E-state index is -1.02. The Hall–Kier alpha value is -2.87. The number of nitrogens with zero attached hydrogens (tertiary/aromatic N) is 3. The normalized spacial score (nSPS) is 19.1. The molecule has 1 aliphatic rings.